The zero-order valence-corrected chi connectivity index (χ0v) is 15.9. The molecule has 0 saturated heterocycles. The van der Waals surface area contributed by atoms with E-state index >= 15 is 0 Å². The number of aryl methyl sites for hydroxylation is 3. The third-order valence-corrected chi connectivity index (χ3v) is 4.37. The van der Waals surface area contributed by atoms with Crippen LogP contribution in [0.2, 0.25) is 0 Å². The molecule has 3 aromatic rings. The Kier molecular flexibility index (Phi) is 5.81. The molecule has 0 saturated carbocycles. The quantitative estimate of drug-likeness (QED) is 0.678. The van der Waals surface area contributed by atoms with E-state index in [0.29, 0.717) is 23.9 Å². The molecule has 1 aromatic heterocycles. The van der Waals surface area contributed by atoms with E-state index in [0.717, 1.165) is 28.8 Å². The summed E-state index contributed by atoms with van der Waals surface area (Å²) in [7, 11) is 0. The van der Waals surface area contributed by atoms with Gasteiger partial charge in [-0.2, -0.15) is 0 Å². The van der Waals surface area contributed by atoms with E-state index in [1.54, 1.807) is 13.0 Å². The van der Waals surface area contributed by atoms with E-state index in [4.69, 9.17) is 0 Å². The Hall–Kier alpha value is -3.21. The molecule has 1 heterocycles. The van der Waals surface area contributed by atoms with Crippen LogP contribution in [-0.2, 0) is 13.0 Å². The molecule has 27 heavy (non-hydrogen) atoms. The van der Waals surface area contributed by atoms with Gasteiger partial charge in [0.2, 0.25) is 0 Å². The molecule has 0 aliphatic rings. The fourth-order valence-electron chi connectivity index (χ4n) is 2.94. The number of para-hydroxylation sites is 1. The molecular formula is C22H24N4O. The van der Waals surface area contributed by atoms with Crippen molar-refractivity contribution in [1.29, 1.82) is 0 Å². The van der Waals surface area contributed by atoms with Gasteiger partial charge in [0.15, 0.2) is 0 Å². The van der Waals surface area contributed by atoms with E-state index in [-0.39, 0.29) is 5.91 Å². The first-order chi connectivity index (χ1) is 13.1. The van der Waals surface area contributed by atoms with Gasteiger partial charge >= 0.3 is 0 Å². The minimum atomic E-state index is -0.229. The van der Waals surface area contributed by atoms with Gasteiger partial charge in [0.05, 0.1) is 0 Å². The Morgan fingerprint density at radius 1 is 1.00 bits per heavy atom. The normalized spacial score (nSPS) is 10.5. The second-order valence-corrected chi connectivity index (χ2v) is 6.44. The molecule has 5 heteroatoms. The molecule has 0 fully saturated rings. The van der Waals surface area contributed by atoms with Crippen molar-refractivity contribution in [3.05, 3.63) is 82.8 Å². The van der Waals surface area contributed by atoms with Crippen LogP contribution in [-0.4, -0.2) is 15.9 Å². The van der Waals surface area contributed by atoms with Crippen molar-refractivity contribution < 1.29 is 4.79 Å². The van der Waals surface area contributed by atoms with E-state index < -0.39 is 0 Å². The number of hydrogen-bond acceptors (Lipinski definition) is 4. The summed E-state index contributed by atoms with van der Waals surface area (Å²) < 4.78 is 0. The van der Waals surface area contributed by atoms with Gasteiger partial charge in [-0.3, -0.25) is 4.79 Å². The fourth-order valence-corrected chi connectivity index (χ4v) is 2.94. The largest absolute Gasteiger partial charge is 0.366 e. The van der Waals surface area contributed by atoms with Crippen molar-refractivity contribution in [2.45, 2.75) is 33.7 Å². The molecule has 0 aliphatic heterocycles. The molecule has 2 N–H and O–H groups in total. The number of aromatic nitrogens is 2. The topological polar surface area (TPSA) is 66.9 Å². The Bertz CT molecular complexity index is 938. The second-order valence-electron chi connectivity index (χ2n) is 6.44. The Morgan fingerprint density at radius 3 is 2.52 bits per heavy atom. The van der Waals surface area contributed by atoms with Crippen molar-refractivity contribution in [3.8, 4) is 0 Å². The van der Waals surface area contributed by atoms with Gasteiger partial charge in [-0.1, -0.05) is 55.5 Å². The standard InChI is InChI=1S/C22H24N4O/c1-4-18-12-8-9-15(2)21(18)26-22(27)19-13-20(25-16(3)24-19)23-14-17-10-6-5-7-11-17/h5-13H,4,14H2,1-3H3,(H,26,27)(H,23,24,25). The third-order valence-electron chi connectivity index (χ3n) is 4.37. The Labute approximate surface area is 159 Å². The summed E-state index contributed by atoms with van der Waals surface area (Å²) in [5.74, 6) is 0.961. The monoisotopic (exact) mass is 360 g/mol. The molecule has 1 amide bonds. The molecule has 0 aliphatic carbocycles. The molecule has 2 aromatic carbocycles. The van der Waals surface area contributed by atoms with Crippen LogP contribution >= 0.6 is 0 Å². The Balaban J connectivity index is 1.78. The van der Waals surface area contributed by atoms with Crippen LogP contribution in [0.5, 0.6) is 0 Å². The molecule has 0 unspecified atom stereocenters. The highest BCUT2D eigenvalue weighted by Gasteiger charge is 2.14. The predicted octanol–water partition coefficient (Wildman–Crippen LogP) is 4.52. The number of amides is 1. The highest BCUT2D eigenvalue weighted by molar-refractivity contribution is 6.04. The summed E-state index contributed by atoms with van der Waals surface area (Å²) in [5.41, 5.74) is 4.50. The minimum Gasteiger partial charge on any atom is -0.366 e. The molecule has 0 bridgehead atoms. The molecule has 138 valence electrons. The smallest absolute Gasteiger partial charge is 0.274 e. The van der Waals surface area contributed by atoms with E-state index in [2.05, 4.69) is 27.5 Å². The molecule has 0 atom stereocenters. The molecule has 5 nitrogen and oxygen atoms in total. The van der Waals surface area contributed by atoms with Gasteiger partial charge in [0.1, 0.15) is 17.3 Å². The number of nitrogens with zero attached hydrogens (tertiary/aromatic N) is 2. The number of anilines is 2. The van der Waals surface area contributed by atoms with E-state index in [9.17, 15) is 4.79 Å². The molecular weight excluding hydrogens is 336 g/mol. The number of carbonyl (C=O) groups excluding carboxylic acids is 1. The van der Waals surface area contributed by atoms with Gasteiger partial charge in [-0.15, -0.1) is 0 Å². The number of rotatable bonds is 6. The Morgan fingerprint density at radius 2 is 1.78 bits per heavy atom. The first-order valence-electron chi connectivity index (χ1n) is 9.10. The summed E-state index contributed by atoms with van der Waals surface area (Å²) in [6, 6.07) is 17.8. The van der Waals surface area contributed by atoms with Crippen LogP contribution in [0.1, 0.15) is 39.9 Å². The summed E-state index contributed by atoms with van der Waals surface area (Å²) in [5, 5.41) is 6.28. The average Bonchev–Trinajstić information content (AvgIpc) is 2.68. The van der Waals surface area contributed by atoms with Crippen LogP contribution in [0.4, 0.5) is 11.5 Å². The lowest BCUT2D eigenvalue weighted by molar-refractivity contribution is 0.102. The number of benzene rings is 2. The van der Waals surface area contributed by atoms with Crippen molar-refractivity contribution >= 4 is 17.4 Å². The van der Waals surface area contributed by atoms with Crippen LogP contribution in [0, 0.1) is 13.8 Å². The summed E-state index contributed by atoms with van der Waals surface area (Å²) >= 11 is 0. The molecule has 0 spiro atoms. The van der Waals surface area contributed by atoms with Crippen molar-refractivity contribution in [1.82, 2.24) is 9.97 Å². The first kappa shape index (κ1) is 18.6. The van der Waals surface area contributed by atoms with Crippen molar-refractivity contribution in [2.75, 3.05) is 10.6 Å². The van der Waals surface area contributed by atoms with Crippen LogP contribution < -0.4 is 10.6 Å². The van der Waals surface area contributed by atoms with Crippen LogP contribution in [0.3, 0.4) is 0 Å². The first-order valence-corrected chi connectivity index (χ1v) is 9.10. The van der Waals surface area contributed by atoms with Gasteiger partial charge in [0, 0.05) is 18.3 Å². The van der Waals surface area contributed by atoms with E-state index in [1.165, 1.54) is 0 Å². The van der Waals surface area contributed by atoms with Gasteiger partial charge in [0.25, 0.3) is 5.91 Å². The summed E-state index contributed by atoms with van der Waals surface area (Å²) in [6.45, 7) is 6.49. The lowest BCUT2D eigenvalue weighted by Gasteiger charge is -2.13. The maximum Gasteiger partial charge on any atom is 0.274 e. The zero-order chi connectivity index (χ0) is 19.2. The van der Waals surface area contributed by atoms with Gasteiger partial charge < -0.3 is 10.6 Å². The fraction of sp³-hybridized carbons (Fsp3) is 0.227. The van der Waals surface area contributed by atoms with E-state index in [1.807, 2.05) is 55.5 Å². The zero-order valence-electron chi connectivity index (χ0n) is 15.9. The highest BCUT2D eigenvalue weighted by atomic mass is 16.1. The predicted molar refractivity (Wildman–Crippen MR) is 109 cm³/mol. The second kappa shape index (κ2) is 8.45. The van der Waals surface area contributed by atoms with Crippen LogP contribution in [0.15, 0.2) is 54.6 Å². The maximum atomic E-state index is 12.8. The summed E-state index contributed by atoms with van der Waals surface area (Å²) in [4.78, 5) is 21.5. The SMILES string of the molecule is CCc1cccc(C)c1NC(=O)c1cc(NCc2ccccc2)nc(C)n1. The van der Waals surface area contributed by atoms with Crippen molar-refractivity contribution in [2.24, 2.45) is 0 Å². The third kappa shape index (κ3) is 4.70. The van der Waals surface area contributed by atoms with Crippen molar-refractivity contribution in [3.63, 3.8) is 0 Å². The maximum absolute atomic E-state index is 12.8. The van der Waals surface area contributed by atoms with Gasteiger partial charge in [-0.25, -0.2) is 9.97 Å². The number of hydrogen-bond donors (Lipinski definition) is 2. The van der Waals surface area contributed by atoms with Crippen LogP contribution in [0.25, 0.3) is 0 Å². The number of nitrogens with one attached hydrogen (secondary N) is 2. The lowest BCUT2D eigenvalue weighted by Crippen LogP contribution is -2.17. The van der Waals surface area contributed by atoms with Gasteiger partial charge in [-0.05, 0) is 37.0 Å². The minimum absolute atomic E-state index is 0.229. The number of carbonyl (C=O) groups is 1. The molecule has 3 rings (SSSR count). The molecule has 0 radical (unpaired) electrons. The summed E-state index contributed by atoms with van der Waals surface area (Å²) in [6.07, 6.45) is 0.851. The highest BCUT2D eigenvalue weighted by Crippen LogP contribution is 2.22. The average molecular weight is 360 g/mol. The lowest BCUT2D eigenvalue weighted by atomic mass is 10.1.